The maximum Gasteiger partial charge on any atom is 0.338 e. The predicted octanol–water partition coefficient (Wildman–Crippen LogP) is 2.93. The quantitative estimate of drug-likeness (QED) is 0.487. The Balaban J connectivity index is 3.15. The molecule has 5 heteroatoms. The first-order valence-corrected chi connectivity index (χ1v) is 6.18. The van der Waals surface area contributed by atoms with Crippen LogP contribution in [-0.4, -0.2) is 26.2 Å². The maximum absolute atomic E-state index is 11.8. The van der Waals surface area contributed by atoms with Crippen molar-refractivity contribution in [3.63, 3.8) is 0 Å². The lowest BCUT2D eigenvalue weighted by Crippen LogP contribution is -2.04. The van der Waals surface area contributed by atoms with Gasteiger partial charge in [0.15, 0.2) is 0 Å². The molecule has 0 heterocycles. The van der Waals surface area contributed by atoms with Gasteiger partial charge in [-0.25, -0.2) is 9.59 Å². The Morgan fingerprint density at radius 1 is 1.20 bits per heavy atom. The van der Waals surface area contributed by atoms with E-state index in [0.717, 1.165) is 5.56 Å². The van der Waals surface area contributed by atoms with Gasteiger partial charge >= 0.3 is 11.9 Å². The largest absolute Gasteiger partial charge is 0.466 e. The van der Waals surface area contributed by atoms with Crippen molar-refractivity contribution in [3.8, 4) is 0 Å². The molecule has 0 fully saturated rings. The van der Waals surface area contributed by atoms with E-state index < -0.39 is 11.9 Å². The van der Waals surface area contributed by atoms with Gasteiger partial charge in [0.05, 0.1) is 19.8 Å². The van der Waals surface area contributed by atoms with Gasteiger partial charge in [-0.3, -0.25) is 0 Å². The second kappa shape index (κ2) is 7.50. The van der Waals surface area contributed by atoms with Crippen LogP contribution < -0.4 is 0 Å². The fourth-order valence-electron chi connectivity index (χ4n) is 1.44. The van der Waals surface area contributed by atoms with Crippen LogP contribution in [-0.2, 0) is 19.1 Å². The number of aryl methyl sites for hydroxylation is 1. The number of ether oxygens (including phenoxy) is 2. The fourth-order valence-corrected chi connectivity index (χ4v) is 1.62. The van der Waals surface area contributed by atoms with Crippen molar-refractivity contribution >= 4 is 29.1 Å². The lowest BCUT2D eigenvalue weighted by molar-refractivity contribution is -0.135. The molecule has 0 saturated carbocycles. The third-order valence-electron chi connectivity index (χ3n) is 2.58. The Bertz CT molecular complexity index is 573. The van der Waals surface area contributed by atoms with E-state index in [1.165, 1.54) is 32.4 Å². The van der Waals surface area contributed by atoms with E-state index in [2.05, 4.69) is 4.74 Å². The van der Waals surface area contributed by atoms with Gasteiger partial charge in [0.25, 0.3) is 0 Å². The molecule has 0 bridgehead atoms. The van der Waals surface area contributed by atoms with Gasteiger partial charge < -0.3 is 9.47 Å². The van der Waals surface area contributed by atoms with Gasteiger partial charge in [0.1, 0.15) is 0 Å². The summed E-state index contributed by atoms with van der Waals surface area (Å²) in [6, 6.07) is 5.24. The van der Waals surface area contributed by atoms with Gasteiger partial charge in [-0.05, 0) is 30.2 Å². The van der Waals surface area contributed by atoms with E-state index >= 15 is 0 Å². The van der Waals surface area contributed by atoms with Gasteiger partial charge in [-0.15, -0.1) is 0 Å². The van der Waals surface area contributed by atoms with Crippen LogP contribution in [0, 0.1) is 6.92 Å². The molecular weight excluding hydrogens is 280 g/mol. The summed E-state index contributed by atoms with van der Waals surface area (Å²) in [4.78, 5) is 22.8. The van der Waals surface area contributed by atoms with Crippen molar-refractivity contribution in [3.05, 3.63) is 52.6 Å². The number of methoxy groups -OCH3 is 2. The van der Waals surface area contributed by atoms with Crippen LogP contribution in [0.25, 0.3) is 5.57 Å². The number of esters is 2. The molecule has 0 unspecified atom stereocenters. The SMILES string of the molecule is COC(=O)C=CC=C(C(=O)OC)c1ccc(C)c(Cl)c1. The molecule has 0 aliphatic heterocycles. The highest BCUT2D eigenvalue weighted by Gasteiger charge is 2.12. The Morgan fingerprint density at radius 2 is 1.90 bits per heavy atom. The zero-order valence-corrected chi connectivity index (χ0v) is 12.2. The summed E-state index contributed by atoms with van der Waals surface area (Å²) < 4.78 is 9.19. The molecule has 0 spiro atoms. The van der Waals surface area contributed by atoms with E-state index in [9.17, 15) is 9.59 Å². The Kier molecular flexibility index (Phi) is 6.00. The highest BCUT2D eigenvalue weighted by Crippen LogP contribution is 2.23. The molecule has 4 nitrogen and oxygen atoms in total. The molecule has 0 aromatic heterocycles. The zero-order chi connectivity index (χ0) is 15.1. The second-order valence-electron chi connectivity index (χ2n) is 3.92. The van der Waals surface area contributed by atoms with Crippen LogP contribution in [0.3, 0.4) is 0 Å². The number of rotatable bonds is 4. The first-order chi connectivity index (χ1) is 9.49. The van der Waals surface area contributed by atoms with E-state index in [4.69, 9.17) is 16.3 Å². The molecule has 0 saturated heterocycles. The summed E-state index contributed by atoms with van der Waals surface area (Å²) in [5.74, 6) is -1.02. The summed E-state index contributed by atoms with van der Waals surface area (Å²) in [5, 5.41) is 0.550. The molecule has 0 amide bonds. The average Bonchev–Trinajstić information content (AvgIpc) is 2.45. The first kappa shape index (κ1) is 16.0. The van der Waals surface area contributed by atoms with Crippen LogP contribution >= 0.6 is 11.6 Å². The summed E-state index contributed by atoms with van der Waals surface area (Å²) in [7, 11) is 2.56. The molecule has 1 rings (SSSR count). The lowest BCUT2D eigenvalue weighted by atomic mass is 10.0. The van der Waals surface area contributed by atoms with Crippen LogP contribution in [0.15, 0.2) is 36.4 Å². The van der Waals surface area contributed by atoms with Crippen LogP contribution in [0.2, 0.25) is 5.02 Å². The number of carbonyl (C=O) groups is 2. The minimum absolute atomic E-state index is 0.301. The van der Waals surface area contributed by atoms with Gasteiger partial charge in [0, 0.05) is 11.1 Å². The number of benzene rings is 1. The number of carbonyl (C=O) groups excluding carboxylic acids is 2. The number of hydrogen-bond donors (Lipinski definition) is 0. The lowest BCUT2D eigenvalue weighted by Gasteiger charge is -2.06. The summed E-state index contributed by atoms with van der Waals surface area (Å²) in [6.45, 7) is 1.87. The molecule has 0 radical (unpaired) electrons. The van der Waals surface area contributed by atoms with Crippen molar-refractivity contribution < 1.29 is 19.1 Å². The van der Waals surface area contributed by atoms with Crippen molar-refractivity contribution in [1.82, 2.24) is 0 Å². The molecule has 1 aromatic rings. The third-order valence-corrected chi connectivity index (χ3v) is 2.99. The molecule has 0 aliphatic carbocycles. The van der Waals surface area contributed by atoms with Gasteiger partial charge in [-0.2, -0.15) is 0 Å². The fraction of sp³-hybridized carbons (Fsp3) is 0.200. The summed E-state index contributed by atoms with van der Waals surface area (Å²) in [5.41, 5.74) is 1.82. The van der Waals surface area contributed by atoms with E-state index in [1.807, 2.05) is 6.92 Å². The Labute approximate surface area is 122 Å². The van der Waals surface area contributed by atoms with Crippen LogP contribution in [0.1, 0.15) is 11.1 Å². The average molecular weight is 295 g/mol. The third kappa shape index (κ3) is 4.24. The normalized spacial score (nSPS) is 11.5. The monoisotopic (exact) mass is 294 g/mol. The van der Waals surface area contributed by atoms with Gasteiger partial charge in [-0.1, -0.05) is 29.8 Å². The topological polar surface area (TPSA) is 52.6 Å². The Hall–Kier alpha value is -2.07. The highest BCUT2D eigenvalue weighted by atomic mass is 35.5. The molecule has 106 valence electrons. The highest BCUT2D eigenvalue weighted by molar-refractivity contribution is 6.31. The van der Waals surface area contributed by atoms with Gasteiger partial charge in [0.2, 0.25) is 0 Å². The summed E-state index contributed by atoms with van der Waals surface area (Å²) in [6.07, 6.45) is 4.11. The smallest absolute Gasteiger partial charge is 0.338 e. The van der Waals surface area contributed by atoms with Crippen LogP contribution in [0.5, 0.6) is 0 Å². The minimum Gasteiger partial charge on any atom is -0.466 e. The molecule has 0 atom stereocenters. The molecular formula is C15H15ClO4. The molecule has 0 N–H and O–H groups in total. The standard InChI is InChI=1S/C15H15ClO4/c1-10-7-8-11(9-13(10)16)12(15(18)20-3)5-4-6-14(17)19-2/h4-9H,1-3H3. The van der Waals surface area contributed by atoms with Crippen molar-refractivity contribution in [2.24, 2.45) is 0 Å². The first-order valence-electron chi connectivity index (χ1n) is 5.80. The van der Waals surface area contributed by atoms with Crippen molar-refractivity contribution in [2.75, 3.05) is 14.2 Å². The van der Waals surface area contributed by atoms with Crippen molar-refractivity contribution in [1.29, 1.82) is 0 Å². The molecule has 20 heavy (non-hydrogen) atoms. The number of hydrogen-bond acceptors (Lipinski definition) is 4. The number of halogens is 1. The summed E-state index contributed by atoms with van der Waals surface area (Å²) >= 11 is 6.04. The minimum atomic E-state index is -0.514. The van der Waals surface area contributed by atoms with E-state index in [0.29, 0.717) is 16.2 Å². The maximum atomic E-state index is 11.8. The van der Waals surface area contributed by atoms with E-state index in [1.54, 1.807) is 18.2 Å². The second-order valence-corrected chi connectivity index (χ2v) is 4.33. The number of allylic oxidation sites excluding steroid dienone is 2. The van der Waals surface area contributed by atoms with Crippen LogP contribution in [0.4, 0.5) is 0 Å². The molecule has 0 aliphatic rings. The Morgan fingerprint density at radius 3 is 2.45 bits per heavy atom. The predicted molar refractivity (Wildman–Crippen MR) is 77.3 cm³/mol. The van der Waals surface area contributed by atoms with E-state index in [-0.39, 0.29) is 0 Å². The van der Waals surface area contributed by atoms with Crippen molar-refractivity contribution in [2.45, 2.75) is 6.92 Å². The molecule has 1 aromatic carbocycles. The zero-order valence-electron chi connectivity index (χ0n) is 11.5.